The first-order valence-electron chi connectivity index (χ1n) is 11.4. The molecule has 5 aromatic rings. The van der Waals surface area contributed by atoms with Crippen molar-refractivity contribution >= 4 is 34.0 Å². The topological polar surface area (TPSA) is 90.8 Å². The molecule has 0 saturated carbocycles. The minimum Gasteiger partial charge on any atom is -0.361 e. The summed E-state index contributed by atoms with van der Waals surface area (Å²) in [6, 6.07) is 10.8. The van der Waals surface area contributed by atoms with E-state index in [-0.39, 0.29) is 11.6 Å². The Bertz CT molecular complexity index is 1520. The first kappa shape index (κ1) is 21.4. The lowest BCUT2D eigenvalue weighted by Gasteiger charge is -2.32. The Morgan fingerprint density at radius 3 is 2.63 bits per heavy atom. The van der Waals surface area contributed by atoms with Crippen LogP contribution in [0.3, 0.4) is 0 Å². The first-order valence-corrected chi connectivity index (χ1v) is 11.4. The lowest BCUT2D eigenvalue weighted by atomic mass is 10.3. The van der Waals surface area contributed by atoms with Crippen LogP contribution in [0.1, 0.15) is 5.82 Å². The van der Waals surface area contributed by atoms with E-state index in [9.17, 15) is 8.78 Å². The Morgan fingerprint density at radius 2 is 1.80 bits per heavy atom. The highest BCUT2D eigenvalue weighted by Crippen LogP contribution is 2.26. The van der Waals surface area contributed by atoms with Gasteiger partial charge in [-0.25, -0.2) is 18.7 Å². The summed E-state index contributed by atoms with van der Waals surface area (Å²) < 4.78 is 29.3. The number of rotatable bonds is 5. The van der Waals surface area contributed by atoms with Crippen molar-refractivity contribution in [3.8, 4) is 5.69 Å². The van der Waals surface area contributed by atoms with Gasteiger partial charge in [0.25, 0.3) is 0 Å². The molecule has 4 heterocycles. The summed E-state index contributed by atoms with van der Waals surface area (Å²) in [5, 5.41) is 3.32. The van der Waals surface area contributed by atoms with Crippen molar-refractivity contribution < 1.29 is 8.78 Å². The van der Waals surface area contributed by atoms with Crippen molar-refractivity contribution in [3.63, 3.8) is 0 Å². The largest absolute Gasteiger partial charge is 0.361 e. The summed E-state index contributed by atoms with van der Waals surface area (Å²) in [6.07, 6.45) is 1.62. The van der Waals surface area contributed by atoms with E-state index >= 15 is 0 Å². The average Bonchev–Trinajstić information content (AvgIpc) is 3.46. The predicted octanol–water partition coefficient (Wildman–Crippen LogP) is 3.33. The Balaban J connectivity index is 1.39. The number of hydrogen-bond acceptors (Lipinski definition) is 7. The lowest BCUT2D eigenvalue weighted by Crippen LogP contribution is -2.45. The molecular formula is C24H23F2N9. The SMILES string of the molecule is CN1CCN(c2nc(NCc3nc4ccc(F)cc4[nH]3)c3ncn(-c4cccc(F)c4)c3n2)CC1. The molecule has 0 unspecified atom stereocenters. The molecule has 0 amide bonds. The van der Waals surface area contributed by atoms with E-state index < -0.39 is 0 Å². The first-order chi connectivity index (χ1) is 17.0. The number of aromatic nitrogens is 6. The number of nitrogens with zero attached hydrogens (tertiary/aromatic N) is 7. The minimum atomic E-state index is -0.336. The molecule has 2 aromatic carbocycles. The molecular weight excluding hydrogens is 452 g/mol. The van der Waals surface area contributed by atoms with E-state index in [2.05, 4.69) is 37.1 Å². The molecule has 1 aliphatic heterocycles. The summed E-state index contributed by atoms with van der Waals surface area (Å²) in [4.78, 5) is 26.2. The Morgan fingerprint density at radius 1 is 0.971 bits per heavy atom. The number of hydrogen-bond donors (Lipinski definition) is 2. The highest BCUT2D eigenvalue weighted by atomic mass is 19.1. The van der Waals surface area contributed by atoms with Crippen LogP contribution >= 0.6 is 0 Å². The van der Waals surface area contributed by atoms with Gasteiger partial charge in [-0.15, -0.1) is 0 Å². The molecule has 2 N–H and O–H groups in total. The summed E-state index contributed by atoms with van der Waals surface area (Å²) in [5.41, 5.74) is 3.08. The van der Waals surface area contributed by atoms with Crippen molar-refractivity contribution in [2.75, 3.05) is 43.4 Å². The predicted molar refractivity (Wildman–Crippen MR) is 130 cm³/mol. The highest BCUT2D eigenvalue weighted by molar-refractivity contribution is 5.85. The molecule has 1 fully saturated rings. The molecule has 35 heavy (non-hydrogen) atoms. The van der Waals surface area contributed by atoms with Gasteiger partial charge in [-0.2, -0.15) is 9.97 Å². The monoisotopic (exact) mass is 475 g/mol. The maximum absolute atomic E-state index is 13.9. The van der Waals surface area contributed by atoms with Gasteiger partial charge in [-0.05, 0) is 43.4 Å². The third kappa shape index (κ3) is 4.14. The molecule has 0 atom stereocenters. The Kier molecular flexibility index (Phi) is 5.25. The summed E-state index contributed by atoms with van der Waals surface area (Å²) in [5.74, 6) is 1.11. The number of nitrogens with one attached hydrogen (secondary N) is 2. The van der Waals surface area contributed by atoms with Gasteiger partial charge in [0.1, 0.15) is 23.8 Å². The second-order valence-corrected chi connectivity index (χ2v) is 8.63. The second kappa shape index (κ2) is 8.58. The minimum absolute atomic E-state index is 0.321. The number of H-pyrrole nitrogens is 1. The van der Waals surface area contributed by atoms with Gasteiger partial charge in [0.15, 0.2) is 17.0 Å². The zero-order valence-corrected chi connectivity index (χ0v) is 19.0. The molecule has 9 nitrogen and oxygen atoms in total. The van der Waals surface area contributed by atoms with Crippen LogP contribution in [0.4, 0.5) is 20.5 Å². The van der Waals surface area contributed by atoms with Crippen molar-refractivity contribution in [1.82, 2.24) is 34.4 Å². The van der Waals surface area contributed by atoms with E-state index in [1.807, 2.05) is 6.07 Å². The summed E-state index contributed by atoms with van der Waals surface area (Å²) in [6.45, 7) is 3.73. The lowest BCUT2D eigenvalue weighted by molar-refractivity contribution is 0.311. The van der Waals surface area contributed by atoms with Crippen LogP contribution in [-0.4, -0.2) is 67.6 Å². The molecule has 0 aliphatic carbocycles. The van der Waals surface area contributed by atoms with Gasteiger partial charge in [0, 0.05) is 26.2 Å². The highest BCUT2D eigenvalue weighted by Gasteiger charge is 2.21. The maximum atomic E-state index is 13.9. The molecule has 0 radical (unpaired) electrons. The zero-order chi connectivity index (χ0) is 23.9. The van der Waals surface area contributed by atoms with Crippen LogP contribution in [0, 0.1) is 11.6 Å². The summed E-state index contributed by atoms with van der Waals surface area (Å²) >= 11 is 0. The van der Waals surface area contributed by atoms with Gasteiger partial charge in [0.05, 0.1) is 23.3 Å². The Labute approximate surface area is 199 Å². The van der Waals surface area contributed by atoms with Crippen LogP contribution in [0.2, 0.25) is 0 Å². The van der Waals surface area contributed by atoms with E-state index in [4.69, 9.17) is 9.97 Å². The number of benzene rings is 2. The number of imidazole rings is 2. The molecule has 0 bridgehead atoms. The maximum Gasteiger partial charge on any atom is 0.229 e. The van der Waals surface area contributed by atoms with Crippen LogP contribution in [0.15, 0.2) is 48.8 Å². The molecule has 3 aromatic heterocycles. The fourth-order valence-corrected chi connectivity index (χ4v) is 4.26. The van der Waals surface area contributed by atoms with Crippen molar-refractivity contribution in [2.24, 2.45) is 0 Å². The van der Waals surface area contributed by atoms with Gasteiger partial charge in [0.2, 0.25) is 5.95 Å². The van der Waals surface area contributed by atoms with E-state index in [0.717, 1.165) is 26.2 Å². The number of anilines is 2. The molecule has 1 aliphatic rings. The van der Waals surface area contributed by atoms with E-state index in [0.29, 0.717) is 52.0 Å². The number of halogens is 2. The fraction of sp³-hybridized carbons (Fsp3) is 0.250. The van der Waals surface area contributed by atoms with Crippen LogP contribution in [0.5, 0.6) is 0 Å². The van der Waals surface area contributed by atoms with Gasteiger partial charge in [-0.3, -0.25) is 4.57 Å². The van der Waals surface area contributed by atoms with Gasteiger partial charge < -0.3 is 20.1 Å². The van der Waals surface area contributed by atoms with Crippen LogP contribution < -0.4 is 10.2 Å². The molecule has 1 saturated heterocycles. The third-order valence-electron chi connectivity index (χ3n) is 6.17. The summed E-state index contributed by atoms with van der Waals surface area (Å²) in [7, 11) is 2.09. The standard InChI is InChI=1S/C24H23F2N9/c1-33-7-9-34(10-8-33)24-31-22(27-13-20-29-18-6-5-16(26)12-19(18)30-20)21-23(32-24)35(14-28-21)17-4-2-3-15(25)11-17/h2-6,11-12,14H,7-10,13H2,1H3,(H,29,30)(H,27,31,32). The fourth-order valence-electron chi connectivity index (χ4n) is 4.26. The van der Waals surface area contributed by atoms with Crippen molar-refractivity contribution in [2.45, 2.75) is 6.54 Å². The molecule has 0 spiro atoms. The van der Waals surface area contributed by atoms with Crippen LogP contribution in [0.25, 0.3) is 27.9 Å². The quantitative estimate of drug-likeness (QED) is 0.403. The van der Waals surface area contributed by atoms with E-state index in [1.165, 1.54) is 24.3 Å². The van der Waals surface area contributed by atoms with Gasteiger partial charge in [-0.1, -0.05) is 6.07 Å². The zero-order valence-electron chi connectivity index (χ0n) is 19.0. The second-order valence-electron chi connectivity index (χ2n) is 8.63. The Hall–Kier alpha value is -4.12. The van der Waals surface area contributed by atoms with Crippen molar-refractivity contribution in [1.29, 1.82) is 0 Å². The normalized spacial score (nSPS) is 14.8. The molecule has 178 valence electrons. The van der Waals surface area contributed by atoms with Crippen molar-refractivity contribution in [3.05, 3.63) is 66.3 Å². The smallest absolute Gasteiger partial charge is 0.229 e. The number of aromatic amines is 1. The van der Waals surface area contributed by atoms with Gasteiger partial charge >= 0.3 is 0 Å². The van der Waals surface area contributed by atoms with Crippen LogP contribution in [-0.2, 0) is 6.54 Å². The number of piperazine rings is 1. The van der Waals surface area contributed by atoms with E-state index in [1.54, 1.807) is 23.0 Å². The third-order valence-corrected chi connectivity index (χ3v) is 6.17. The molecule has 11 heteroatoms. The molecule has 6 rings (SSSR count). The number of likely N-dealkylation sites (N-methyl/N-ethyl adjacent to an activating group) is 1. The number of fused-ring (bicyclic) bond motifs is 2. The average molecular weight is 476 g/mol.